The van der Waals surface area contributed by atoms with Crippen molar-refractivity contribution >= 4 is 21.8 Å². The van der Waals surface area contributed by atoms with E-state index in [1.807, 2.05) is 25.8 Å². The van der Waals surface area contributed by atoms with Gasteiger partial charge in [-0.05, 0) is 33.1 Å². The van der Waals surface area contributed by atoms with Crippen molar-refractivity contribution in [3.8, 4) is 0 Å². The van der Waals surface area contributed by atoms with Gasteiger partial charge in [0.15, 0.2) is 0 Å². The van der Waals surface area contributed by atoms with E-state index in [2.05, 4.69) is 36.7 Å². The SMILES string of the molecule is CC(C)CC(C)N(C)C(=O)C(C)(C)Br. The number of amides is 1. The summed E-state index contributed by atoms with van der Waals surface area (Å²) in [7, 11) is 1.87. The van der Waals surface area contributed by atoms with Crippen LogP contribution in [0.15, 0.2) is 0 Å². The molecule has 0 aromatic carbocycles. The minimum absolute atomic E-state index is 0.144. The van der Waals surface area contributed by atoms with Gasteiger partial charge in [-0.15, -0.1) is 0 Å². The predicted octanol–water partition coefficient (Wildman–Crippen LogP) is 3.05. The largest absolute Gasteiger partial charge is 0.342 e. The molecule has 1 amide bonds. The molecule has 0 fully saturated rings. The average Bonchev–Trinajstić information content (AvgIpc) is 1.98. The lowest BCUT2D eigenvalue weighted by atomic mass is 10.0. The van der Waals surface area contributed by atoms with Crippen molar-refractivity contribution in [3.05, 3.63) is 0 Å². The highest BCUT2D eigenvalue weighted by Crippen LogP contribution is 2.21. The lowest BCUT2D eigenvalue weighted by Gasteiger charge is -2.31. The number of hydrogen-bond donors (Lipinski definition) is 0. The molecule has 2 nitrogen and oxygen atoms in total. The van der Waals surface area contributed by atoms with Gasteiger partial charge in [-0.25, -0.2) is 0 Å². The molecule has 0 aromatic rings. The fraction of sp³-hybridized carbons (Fsp3) is 0.909. The number of halogens is 1. The summed E-state index contributed by atoms with van der Waals surface area (Å²) < 4.78 is -0.451. The van der Waals surface area contributed by atoms with Gasteiger partial charge in [0.2, 0.25) is 5.91 Å². The zero-order valence-corrected chi connectivity index (χ0v) is 11.7. The van der Waals surface area contributed by atoms with Crippen molar-refractivity contribution < 1.29 is 4.79 Å². The zero-order valence-electron chi connectivity index (χ0n) is 10.1. The summed E-state index contributed by atoms with van der Waals surface area (Å²) in [6, 6.07) is 0.305. The van der Waals surface area contributed by atoms with E-state index in [1.165, 1.54) is 0 Å². The third kappa shape index (κ3) is 4.45. The van der Waals surface area contributed by atoms with Gasteiger partial charge in [0.1, 0.15) is 0 Å². The molecule has 0 radical (unpaired) electrons. The van der Waals surface area contributed by atoms with E-state index in [-0.39, 0.29) is 5.91 Å². The first kappa shape index (κ1) is 13.9. The molecule has 0 N–H and O–H groups in total. The van der Waals surface area contributed by atoms with E-state index in [0.29, 0.717) is 12.0 Å². The van der Waals surface area contributed by atoms with Crippen LogP contribution in [-0.2, 0) is 4.79 Å². The molecule has 0 aliphatic heterocycles. The molecule has 0 saturated heterocycles. The summed E-state index contributed by atoms with van der Waals surface area (Å²) in [6.45, 7) is 10.2. The van der Waals surface area contributed by atoms with E-state index in [9.17, 15) is 4.79 Å². The van der Waals surface area contributed by atoms with Crippen LogP contribution in [0.3, 0.4) is 0 Å². The van der Waals surface area contributed by atoms with Crippen LogP contribution in [0, 0.1) is 5.92 Å². The molecule has 3 heteroatoms. The van der Waals surface area contributed by atoms with E-state index in [1.54, 1.807) is 0 Å². The monoisotopic (exact) mass is 263 g/mol. The molecule has 0 aliphatic carbocycles. The number of carbonyl (C=O) groups is 1. The van der Waals surface area contributed by atoms with Crippen molar-refractivity contribution in [3.63, 3.8) is 0 Å². The minimum atomic E-state index is -0.451. The standard InChI is InChI=1S/C11H22BrNO/c1-8(2)7-9(3)13(6)10(14)11(4,5)12/h8-9H,7H2,1-6H3. The highest BCUT2D eigenvalue weighted by atomic mass is 79.9. The van der Waals surface area contributed by atoms with Gasteiger partial charge < -0.3 is 4.90 Å². The first-order valence-electron chi connectivity index (χ1n) is 5.12. The molecular formula is C11H22BrNO. The lowest BCUT2D eigenvalue weighted by molar-refractivity contribution is -0.133. The molecule has 0 aromatic heterocycles. The van der Waals surface area contributed by atoms with Crippen LogP contribution in [0.2, 0.25) is 0 Å². The maximum Gasteiger partial charge on any atom is 0.238 e. The van der Waals surface area contributed by atoms with Crippen molar-refractivity contribution in [1.82, 2.24) is 4.90 Å². The van der Waals surface area contributed by atoms with Crippen LogP contribution < -0.4 is 0 Å². The molecular weight excluding hydrogens is 242 g/mol. The molecule has 84 valence electrons. The van der Waals surface area contributed by atoms with Crippen LogP contribution in [0.4, 0.5) is 0 Å². The first-order valence-corrected chi connectivity index (χ1v) is 5.91. The van der Waals surface area contributed by atoms with E-state index in [4.69, 9.17) is 0 Å². The molecule has 0 spiro atoms. The third-order valence-corrected chi connectivity index (χ3v) is 2.64. The van der Waals surface area contributed by atoms with Gasteiger partial charge in [-0.2, -0.15) is 0 Å². The van der Waals surface area contributed by atoms with Gasteiger partial charge in [0.25, 0.3) is 0 Å². The summed E-state index contributed by atoms with van der Waals surface area (Å²) in [5, 5.41) is 0. The molecule has 1 atom stereocenters. The second-order valence-corrected chi connectivity index (χ2v) is 6.85. The highest BCUT2D eigenvalue weighted by Gasteiger charge is 2.29. The number of alkyl halides is 1. The molecule has 0 aliphatic rings. The topological polar surface area (TPSA) is 20.3 Å². The van der Waals surface area contributed by atoms with Gasteiger partial charge in [-0.3, -0.25) is 4.79 Å². The molecule has 0 bridgehead atoms. The molecule has 0 heterocycles. The Morgan fingerprint density at radius 2 is 1.79 bits per heavy atom. The van der Waals surface area contributed by atoms with Crippen LogP contribution in [0.25, 0.3) is 0 Å². The van der Waals surface area contributed by atoms with Gasteiger partial charge in [-0.1, -0.05) is 29.8 Å². The fourth-order valence-electron chi connectivity index (χ4n) is 1.46. The fourth-order valence-corrected chi connectivity index (χ4v) is 1.74. The Morgan fingerprint density at radius 1 is 1.36 bits per heavy atom. The van der Waals surface area contributed by atoms with Crippen molar-refractivity contribution in [1.29, 1.82) is 0 Å². The van der Waals surface area contributed by atoms with Gasteiger partial charge in [0.05, 0.1) is 4.32 Å². The summed E-state index contributed by atoms with van der Waals surface area (Å²) in [6.07, 6.45) is 1.05. The van der Waals surface area contributed by atoms with Gasteiger partial charge in [0, 0.05) is 13.1 Å². The average molecular weight is 264 g/mol. The molecule has 14 heavy (non-hydrogen) atoms. The number of rotatable bonds is 4. The molecule has 1 unspecified atom stereocenters. The van der Waals surface area contributed by atoms with Crippen LogP contribution in [0.1, 0.15) is 41.0 Å². The predicted molar refractivity (Wildman–Crippen MR) is 64.7 cm³/mol. The third-order valence-electron chi connectivity index (χ3n) is 2.30. The normalized spacial score (nSPS) is 14.3. The minimum Gasteiger partial charge on any atom is -0.342 e. The van der Waals surface area contributed by atoms with Crippen LogP contribution in [-0.4, -0.2) is 28.2 Å². The Bertz CT molecular complexity index is 196. The van der Waals surface area contributed by atoms with Crippen molar-refractivity contribution in [2.24, 2.45) is 5.92 Å². The first-order chi connectivity index (χ1) is 6.16. The maximum atomic E-state index is 11.9. The number of carbonyl (C=O) groups excluding carboxylic acids is 1. The zero-order chi connectivity index (χ0) is 11.5. The second kappa shape index (κ2) is 5.15. The Morgan fingerprint density at radius 3 is 2.07 bits per heavy atom. The Balaban J connectivity index is 4.32. The van der Waals surface area contributed by atoms with E-state index < -0.39 is 4.32 Å². The molecule has 0 saturated carbocycles. The number of nitrogens with zero attached hydrogens (tertiary/aromatic N) is 1. The lowest BCUT2D eigenvalue weighted by Crippen LogP contribution is -2.44. The van der Waals surface area contributed by atoms with E-state index in [0.717, 1.165) is 6.42 Å². The number of hydrogen-bond acceptors (Lipinski definition) is 1. The van der Waals surface area contributed by atoms with Crippen molar-refractivity contribution in [2.45, 2.75) is 51.4 Å². The Hall–Kier alpha value is -0.0500. The van der Waals surface area contributed by atoms with Crippen LogP contribution >= 0.6 is 15.9 Å². The highest BCUT2D eigenvalue weighted by molar-refractivity contribution is 9.10. The van der Waals surface area contributed by atoms with Crippen molar-refractivity contribution in [2.75, 3.05) is 7.05 Å². The summed E-state index contributed by atoms with van der Waals surface area (Å²) in [5.74, 6) is 0.768. The summed E-state index contributed by atoms with van der Waals surface area (Å²) in [4.78, 5) is 13.7. The summed E-state index contributed by atoms with van der Waals surface area (Å²) in [5.41, 5.74) is 0. The van der Waals surface area contributed by atoms with E-state index >= 15 is 0 Å². The summed E-state index contributed by atoms with van der Waals surface area (Å²) >= 11 is 3.39. The maximum absolute atomic E-state index is 11.9. The Labute approximate surface area is 96.2 Å². The Kier molecular flexibility index (Phi) is 5.13. The van der Waals surface area contributed by atoms with Crippen LogP contribution in [0.5, 0.6) is 0 Å². The molecule has 0 rings (SSSR count). The second-order valence-electron chi connectivity index (χ2n) is 4.87. The quantitative estimate of drug-likeness (QED) is 0.715. The smallest absolute Gasteiger partial charge is 0.238 e. The van der Waals surface area contributed by atoms with Gasteiger partial charge >= 0.3 is 0 Å².